The van der Waals surface area contributed by atoms with Crippen molar-refractivity contribution in [1.82, 2.24) is 0 Å². The molecule has 1 aliphatic carbocycles. The van der Waals surface area contributed by atoms with Crippen molar-refractivity contribution >= 4 is 11.0 Å². The van der Waals surface area contributed by atoms with Gasteiger partial charge in [-0.2, -0.15) is 0 Å². The third-order valence-electron chi connectivity index (χ3n) is 6.52. The lowest BCUT2D eigenvalue weighted by Gasteiger charge is -2.28. The zero-order valence-corrected chi connectivity index (χ0v) is 17.0. The summed E-state index contributed by atoms with van der Waals surface area (Å²) in [4.78, 5) is 13.8. The Kier molecular flexibility index (Phi) is 4.03. The van der Waals surface area contributed by atoms with E-state index >= 15 is 0 Å². The summed E-state index contributed by atoms with van der Waals surface area (Å²) in [5, 5.41) is 1.09. The number of aryl methyl sites for hydroxylation is 2. The normalized spacial score (nSPS) is 19.3. The van der Waals surface area contributed by atoms with Crippen molar-refractivity contribution in [3.63, 3.8) is 0 Å². The Labute approximate surface area is 174 Å². The smallest absolute Gasteiger partial charge is 0.339 e. The molecule has 2 aromatic carbocycles. The highest BCUT2D eigenvalue weighted by atomic mass is 16.7. The number of hydrogen-bond donors (Lipinski definition) is 1. The summed E-state index contributed by atoms with van der Waals surface area (Å²) in [7, 11) is 0. The van der Waals surface area contributed by atoms with Gasteiger partial charge in [0.1, 0.15) is 24.4 Å². The zero-order valence-electron chi connectivity index (χ0n) is 17.0. The van der Waals surface area contributed by atoms with E-state index in [1.54, 1.807) is 0 Å². The van der Waals surface area contributed by atoms with Crippen molar-refractivity contribution in [2.45, 2.75) is 45.7 Å². The summed E-state index contributed by atoms with van der Waals surface area (Å²) < 4.78 is 22.8. The maximum atomic E-state index is 12.5. The van der Waals surface area contributed by atoms with Crippen LogP contribution in [0.4, 0.5) is 0 Å². The van der Waals surface area contributed by atoms with Gasteiger partial charge in [-0.05, 0) is 62.4 Å². The Hall–Kier alpha value is -2.99. The largest absolute Gasteiger partial charge is 0.454 e. The molecule has 6 heteroatoms. The molecule has 1 atom stereocenters. The first-order valence-corrected chi connectivity index (χ1v) is 10.6. The van der Waals surface area contributed by atoms with E-state index in [0.717, 1.165) is 72.5 Å². The number of benzene rings is 2. The van der Waals surface area contributed by atoms with Gasteiger partial charge in [0.2, 0.25) is 13.5 Å². The number of rotatable bonds is 2. The minimum absolute atomic E-state index is 0.175. The van der Waals surface area contributed by atoms with Crippen molar-refractivity contribution in [3.8, 4) is 17.2 Å². The van der Waals surface area contributed by atoms with Gasteiger partial charge in [-0.1, -0.05) is 0 Å². The average Bonchev–Trinajstić information content (AvgIpc) is 3.23. The maximum Gasteiger partial charge on any atom is 0.339 e. The van der Waals surface area contributed by atoms with Crippen molar-refractivity contribution in [1.29, 1.82) is 0 Å². The number of quaternary nitrogens is 1. The zero-order chi connectivity index (χ0) is 20.2. The third-order valence-corrected chi connectivity index (χ3v) is 6.52. The molecule has 0 saturated carbocycles. The van der Waals surface area contributed by atoms with Gasteiger partial charge >= 0.3 is 5.63 Å². The second-order valence-electron chi connectivity index (χ2n) is 8.50. The minimum atomic E-state index is -0.175. The Morgan fingerprint density at radius 2 is 1.83 bits per heavy atom. The molecule has 0 spiro atoms. The average molecular weight is 406 g/mol. The second-order valence-corrected chi connectivity index (χ2v) is 8.50. The molecule has 3 aliphatic rings. The van der Waals surface area contributed by atoms with Gasteiger partial charge in [-0.25, -0.2) is 4.79 Å². The van der Waals surface area contributed by atoms with Gasteiger partial charge in [0.05, 0.1) is 0 Å². The fourth-order valence-electron chi connectivity index (χ4n) is 5.07. The second kappa shape index (κ2) is 6.77. The fraction of sp³-hybridized carbons (Fsp3) is 0.375. The van der Waals surface area contributed by atoms with Crippen molar-refractivity contribution in [2.75, 3.05) is 13.5 Å². The molecule has 3 aromatic rings. The lowest BCUT2D eigenvalue weighted by Crippen LogP contribution is -3.10. The van der Waals surface area contributed by atoms with Crippen LogP contribution in [0.1, 0.15) is 40.7 Å². The first kappa shape index (κ1) is 17.8. The quantitative estimate of drug-likeness (QED) is 0.663. The molecule has 2 aliphatic heterocycles. The van der Waals surface area contributed by atoms with Crippen LogP contribution < -0.4 is 24.7 Å². The van der Waals surface area contributed by atoms with Gasteiger partial charge in [0.15, 0.2) is 11.5 Å². The summed E-state index contributed by atoms with van der Waals surface area (Å²) in [6.45, 7) is 4.58. The molecule has 1 unspecified atom stereocenters. The highest BCUT2D eigenvalue weighted by Crippen LogP contribution is 2.36. The van der Waals surface area contributed by atoms with E-state index in [4.69, 9.17) is 18.6 Å². The van der Waals surface area contributed by atoms with Crippen molar-refractivity contribution in [3.05, 3.63) is 62.5 Å². The minimum Gasteiger partial charge on any atom is -0.454 e. The van der Waals surface area contributed by atoms with Crippen LogP contribution in [0.15, 0.2) is 33.5 Å². The molecule has 154 valence electrons. The first-order chi connectivity index (χ1) is 14.7. The SMILES string of the molecule is Cc1c2c(cc3c4c(c(=O)oc13)CCCC4)C[NH+](Cc1ccc3c(c1)OCO3)CO2. The lowest BCUT2D eigenvalue weighted by molar-refractivity contribution is -0.945. The van der Waals surface area contributed by atoms with E-state index in [1.165, 1.54) is 21.6 Å². The molecule has 0 bridgehead atoms. The van der Waals surface area contributed by atoms with Crippen LogP contribution in [0.5, 0.6) is 17.2 Å². The topological polar surface area (TPSA) is 62.3 Å². The lowest BCUT2D eigenvalue weighted by atomic mass is 9.89. The van der Waals surface area contributed by atoms with Gasteiger partial charge in [-0.3, -0.25) is 4.90 Å². The predicted molar refractivity (Wildman–Crippen MR) is 110 cm³/mol. The number of hydrogen-bond acceptors (Lipinski definition) is 5. The molecule has 1 N–H and O–H groups in total. The first-order valence-electron chi connectivity index (χ1n) is 10.6. The van der Waals surface area contributed by atoms with Crippen LogP contribution in [0.25, 0.3) is 11.0 Å². The predicted octanol–water partition coefficient (Wildman–Crippen LogP) is 2.64. The molecular weight excluding hydrogens is 382 g/mol. The molecule has 0 saturated heterocycles. The van der Waals surface area contributed by atoms with E-state index in [1.807, 2.05) is 13.0 Å². The van der Waals surface area contributed by atoms with Gasteiger partial charge in [0.25, 0.3) is 0 Å². The van der Waals surface area contributed by atoms with E-state index in [9.17, 15) is 4.79 Å². The molecule has 30 heavy (non-hydrogen) atoms. The van der Waals surface area contributed by atoms with E-state index < -0.39 is 0 Å². The summed E-state index contributed by atoms with van der Waals surface area (Å²) in [5.74, 6) is 2.49. The summed E-state index contributed by atoms with van der Waals surface area (Å²) >= 11 is 0. The van der Waals surface area contributed by atoms with Crippen LogP contribution >= 0.6 is 0 Å². The van der Waals surface area contributed by atoms with Gasteiger partial charge < -0.3 is 18.6 Å². The van der Waals surface area contributed by atoms with Crippen LogP contribution in [-0.4, -0.2) is 13.5 Å². The summed E-state index contributed by atoms with van der Waals surface area (Å²) in [5.41, 5.74) is 5.89. The third kappa shape index (κ3) is 2.78. The molecule has 3 heterocycles. The van der Waals surface area contributed by atoms with Crippen LogP contribution in [0.3, 0.4) is 0 Å². The Bertz CT molecular complexity index is 1230. The molecule has 6 rings (SSSR count). The molecule has 0 radical (unpaired) electrons. The fourth-order valence-corrected chi connectivity index (χ4v) is 5.07. The Morgan fingerprint density at radius 3 is 2.73 bits per heavy atom. The van der Waals surface area contributed by atoms with Crippen molar-refractivity contribution < 1.29 is 23.5 Å². The van der Waals surface area contributed by atoms with Crippen LogP contribution in [0.2, 0.25) is 0 Å². The van der Waals surface area contributed by atoms with E-state index in [2.05, 4.69) is 18.2 Å². The monoisotopic (exact) mass is 406 g/mol. The van der Waals surface area contributed by atoms with E-state index in [-0.39, 0.29) is 5.63 Å². The van der Waals surface area contributed by atoms with Crippen LogP contribution in [-0.2, 0) is 25.9 Å². The molecular formula is C24H24NO5+. The number of ether oxygens (including phenoxy) is 3. The maximum absolute atomic E-state index is 12.5. The number of fused-ring (bicyclic) bond motifs is 5. The summed E-state index contributed by atoms with van der Waals surface area (Å²) in [6, 6.07) is 8.32. The highest BCUT2D eigenvalue weighted by molar-refractivity contribution is 5.87. The Morgan fingerprint density at radius 1 is 1.00 bits per heavy atom. The van der Waals surface area contributed by atoms with Crippen molar-refractivity contribution in [2.24, 2.45) is 0 Å². The molecule has 1 aromatic heterocycles. The molecule has 0 fully saturated rings. The standard InChI is InChI=1S/C24H23NO5/c1-14-22-16(9-19-17-4-2-3-5-18(17)24(26)30-23(14)19)11-25(12-27-22)10-15-6-7-20-21(8-15)29-13-28-20/h6-9H,2-5,10-13H2,1H3/p+1. The van der Waals surface area contributed by atoms with Gasteiger partial charge in [0, 0.05) is 27.6 Å². The van der Waals surface area contributed by atoms with Gasteiger partial charge in [-0.15, -0.1) is 0 Å². The number of nitrogens with one attached hydrogen (secondary N) is 1. The highest BCUT2D eigenvalue weighted by Gasteiger charge is 2.27. The Balaban J connectivity index is 1.36. The van der Waals surface area contributed by atoms with Crippen LogP contribution in [0, 0.1) is 6.92 Å². The summed E-state index contributed by atoms with van der Waals surface area (Å²) in [6.07, 6.45) is 3.95. The molecule has 6 nitrogen and oxygen atoms in total. The molecule has 0 amide bonds. The van der Waals surface area contributed by atoms with E-state index in [0.29, 0.717) is 19.1 Å².